The number of fused-ring (bicyclic) bond motifs is 39. The molecule has 7 heteroatoms. The molecule has 29 aromatic rings. The van der Waals surface area contributed by atoms with Gasteiger partial charge in [0.25, 0.3) is 0 Å². The van der Waals surface area contributed by atoms with Crippen molar-refractivity contribution in [2.75, 3.05) is 0 Å². The molecule has 0 radical (unpaired) electrons. The predicted molar refractivity (Wildman–Crippen MR) is 571 cm³/mol. The Hall–Kier alpha value is -18.0. The van der Waals surface area contributed by atoms with Crippen molar-refractivity contribution in [3.8, 4) is 73.6 Å². The van der Waals surface area contributed by atoms with Gasteiger partial charge in [0.15, 0.2) is 5.82 Å². The van der Waals surface area contributed by atoms with Crippen LogP contribution in [-0.2, 0) is 0 Å². The molecule has 626 valence electrons. The Balaban J connectivity index is 0.000000104. The van der Waals surface area contributed by atoms with Crippen molar-refractivity contribution in [3.05, 3.63) is 479 Å². The van der Waals surface area contributed by atoms with Crippen LogP contribution in [-0.4, -0.2) is 33.6 Å². The van der Waals surface area contributed by atoms with E-state index in [1.807, 2.05) is 48.7 Å². The molecule has 6 aromatic heterocycles. The number of hydrogen-bond donors (Lipinski definition) is 0. The van der Waals surface area contributed by atoms with Gasteiger partial charge in [-0.25, -0.2) is 15.0 Å². The van der Waals surface area contributed by atoms with Crippen LogP contribution in [0.25, 0.3) is 268 Å². The van der Waals surface area contributed by atoms with Crippen molar-refractivity contribution in [2.45, 2.75) is 0 Å². The van der Waals surface area contributed by atoms with Crippen LogP contribution >= 0.6 is 0 Å². The van der Waals surface area contributed by atoms with E-state index in [0.29, 0.717) is 5.82 Å². The van der Waals surface area contributed by atoms with Crippen molar-refractivity contribution in [2.24, 2.45) is 0 Å². The molecular formula is C128H79N7. The molecule has 6 heterocycles. The molecule has 0 saturated heterocycles. The number of nitrogens with zero attached hydrogens (tertiary/aromatic N) is 7. The van der Waals surface area contributed by atoms with Crippen molar-refractivity contribution in [3.63, 3.8) is 0 Å². The van der Waals surface area contributed by atoms with E-state index in [9.17, 15) is 0 Å². The van der Waals surface area contributed by atoms with Gasteiger partial charge < -0.3 is 9.13 Å². The van der Waals surface area contributed by atoms with E-state index in [2.05, 4.69) is 449 Å². The number of para-hydroxylation sites is 3. The monoisotopic (exact) mass is 1710 g/mol. The fourth-order valence-corrected chi connectivity index (χ4v) is 22.3. The topological polar surface area (TPSA) is 66.3 Å². The standard InChI is InChI=1S/C50H31N3.2C39H24N2/c1-3-15-32(16-4-1)43-31-44(52-50(51-43)34-17-5-2-6-18-34)33-27-29-35(30-28-33)53-45-26-14-13-25-42(45)48-47-39-22-10-8-20-37(39)36-19-7-9-21-38(36)46(47)40-23-11-12-24-41(40)49(48)53;1-3-13-29-27(11-1)28-12-2-4-14-30(28)37-36(29)31-15-5-6-16-32(31)39-38(37)33-17-7-8-19-35(33)41(39)26-22-20-25(21-23-26)34-18-9-10-24-40-34;1-2-13-25(14-3-1)33-22-12-24-35(40-33)41-34-23-11-10-21-32(34)38-37-29-18-7-5-16-27(29)26-15-4-6-17-28(26)36(37)30-19-8-9-20-31(30)39(38)41/h1-31H;2*1-24H. The zero-order valence-corrected chi connectivity index (χ0v) is 73.2. The second-order valence-corrected chi connectivity index (χ2v) is 35.1. The Kier molecular flexibility index (Phi) is 17.9. The van der Waals surface area contributed by atoms with E-state index >= 15 is 0 Å². The third-order valence-corrected chi connectivity index (χ3v) is 27.9. The van der Waals surface area contributed by atoms with Crippen molar-refractivity contribution < 1.29 is 0 Å². The predicted octanol–water partition coefficient (Wildman–Crippen LogP) is 34.1. The molecule has 135 heavy (non-hydrogen) atoms. The highest BCUT2D eigenvalue weighted by molar-refractivity contribution is 6.46. The average molecular weight is 1720 g/mol. The van der Waals surface area contributed by atoms with Crippen LogP contribution in [0.2, 0.25) is 0 Å². The quantitative estimate of drug-likeness (QED) is 0.142. The van der Waals surface area contributed by atoms with Crippen LogP contribution in [0.5, 0.6) is 0 Å². The lowest BCUT2D eigenvalue weighted by atomic mass is 9.88. The minimum Gasteiger partial charge on any atom is -0.309 e. The number of hydrogen-bond acceptors (Lipinski definition) is 4. The summed E-state index contributed by atoms with van der Waals surface area (Å²) in [5, 5.41) is 38.6. The lowest BCUT2D eigenvalue weighted by Crippen LogP contribution is -1.99. The summed E-state index contributed by atoms with van der Waals surface area (Å²) in [6.07, 6.45) is 1.85. The molecule has 0 atom stereocenters. The summed E-state index contributed by atoms with van der Waals surface area (Å²) < 4.78 is 7.30. The molecule has 0 bridgehead atoms. The second kappa shape index (κ2) is 31.4. The van der Waals surface area contributed by atoms with Gasteiger partial charge in [-0.2, -0.15) is 0 Å². The van der Waals surface area contributed by atoms with E-state index in [1.54, 1.807) is 0 Å². The minimum atomic E-state index is 0.714. The Morgan fingerprint density at radius 2 is 0.407 bits per heavy atom. The van der Waals surface area contributed by atoms with Gasteiger partial charge >= 0.3 is 0 Å². The fourth-order valence-electron chi connectivity index (χ4n) is 22.3. The van der Waals surface area contributed by atoms with Crippen LogP contribution < -0.4 is 0 Å². The Morgan fingerprint density at radius 1 is 0.148 bits per heavy atom. The van der Waals surface area contributed by atoms with Crippen LogP contribution in [0.4, 0.5) is 0 Å². The molecule has 0 fully saturated rings. The molecule has 0 saturated carbocycles. The molecule has 0 aliphatic heterocycles. The van der Waals surface area contributed by atoms with Crippen LogP contribution in [0, 0.1) is 0 Å². The summed E-state index contributed by atoms with van der Waals surface area (Å²) in [6, 6.07) is 170. The molecule has 7 nitrogen and oxygen atoms in total. The molecular weight excluding hydrogens is 1640 g/mol. The van der Waals surface area contributed by atoms with E-state index < -0.39 is 0 Å². The molecule has 0 unspecified atom stereocenters. The van der Waals surface area contributed by atoms with Gasteiger partial charge in [-0.05, 0) is 170 Å². The van der Waals surface area contributed by atoms with Gasteiger partial charge in [0.2, 0.25) is 0 Å². The summed E-state index contributed by atoms with van der Waals surface area (Å²) in [6.45, 7) is 0. The van der Waals surface area contributed by atoms with E-state index in [4.69, 9.17) is 15.0 Å². The first-order valence-electron chi connectivity index (χ1n) is 46.2. The first-order chi connectivity index (χ1) is 67.1. The van der Waals surface area contributed by atoms with Crippen molar-refractivity contribution in [1.82, 2.24) is 33.6 Å². The number of pyridine rings is 2. The van der Waals surface area contributed by atoms with Gasteiger partial charge in [-0.1, -0.05) is 400 Å². The Labute approximate surface area is 775 Å². The molecule has 0 aliphatic rings. The molecule has 23 aromatic carbocycles. The fraction of sp³-hybridized carbons (Fsp3) is 0. The average Bonchev–Trinajstić information content (AvgIpc) is 1.57. The van der Waals surface area contributed by atoms with E-state index in [-0.39, 0.29) is 0 Å². The number of rotatable bonds is 8. The molecule has 0 spiro atoms. The summed E-state index contributed by atoms with van der Waals surface area (Å²) in [5.41, 5.74) is 18.6. The molecule has 29 rings (SSSR count). The Morgan fingerprint density at radius 3 is 0.763 bits per heavy atom. The highest BCUT2D eigenvalue weighted by Gasteiger charge is 2.28. The van der Waals surface area contributed by atoms with Crippen LogP contribution in [0.3, 0.4) is 0 Å². The van der Waals surface area contributed by atoms with Crippen LogP contribution in [0.15, 0.2) is 479 Å². The number of benzene rings is 23. The molecule has 0 N–H and O–H groups in total. The van der Waals surface area contributed by atoms with Gasteiger partial charge in [0.1, 0.15) is 5.82 Å². The SMILES string of the molecule is c1ccc(-c2cc(-c3ccc(-n4c5ccccc5c5c6c7ccccc7c7ccccc7c6c6ccccc6c54)cc3)nc(-c3ccccc3)n2)cc1.c1ccc(-c2ccc(-n3c4ccccc4c4c5c6ccccc6c6ccccc6c5c5ccccc5c43)cc2)nc1.c1ccc(-c2cccc(-n3c4ccccc4c4c5c6ccccc6c6ccccc6c5c5ccccc5c43)n2)cc1. The lowest BCUT2D eigenvalue weighted by molar-refractivity contribution is 1.09. The summed E-state index contributed by atoms with van der Waals surface area (Å²) in [4.78, 5) is 19.9. The Bertz CT molecular complexity index is 9860. The normalized spacial score (nSPS) is 11.9. The maximum Gasteiger partial charge on any atom is 0.160 e. The maximum absolute atomic E-state index is 5.25. The maximum atomic E-state index is 5.25. The largest absolute Gasteiger partial charge is 0.309 e. The zero-order valence-electron chi connectivity index (χ0n) is 73.2. The van der Waals surface area contributed by atoms with Crippen LogP contribution in [0.1, 0.15) is 0 Å². The minimum absolute atomic E-state index is 0.714. The first kappa shape index (κ1) is 77.0. The smallest absolute Gasteiger partial charge is 0.160 e. The van der Waals surface area contributed by atoms with Gasteiger partial charge in [0.05, 0.1) is 55.9 Å². The summed E-state index contributed by atoms with van der Waals surface area (Å²) in [7, 11) is 0. The number of aromatic nitrogens is 7. The van der Waals surface area contributed by atoms with E-state index in [1.165, 1.54) is 189 Å². The second-order valence-electron chi connectivity index (χ2n) is 35.1. The van der Waals surface area contributed by atoms with E-state index in [0.717, 1.165) is 73.3 Å². The van der Waals surface area contributed by atoms with Crippen molar-refractivity contribution in [1.29, 1.82) is 0 Å². The van der Waals surface area contributed by atoms with Gasteiger partial charge in [0, 0.05) is 110 Å². The molecule has 0 amide bonds. The van der Waals surface area contributed by atoms with Gasteiger partial charge in [-0.15, -0.1) is 0 Å². The molecule has 0 aliphatic carbocycles. The zero-order chi connectivity index (χ0) is 88.7. The summed E-state index contributed by atoms with van der Waals surface area (Å²) in [5.74, 6) is 1.64. The third kappa shape index (κ3) is 12.2. The highest BCUT2D eigenvalue weighted by Crippen LogP contribution is 2.53. The van der Waals surface area contributed by atoms with Gasteiger partial charge in [-0.3, -0.25) is 9.55 Å². The van der Waals surface area contributed by atoms with Crippen molar-refractivity contribution >= 4 is 195 Å². The lowest BCUT2D eigenvalue weighted by Gasteiger charge is -2.16. The first-order valence-corrected chi connectivity index (χ1v) is 46.2. The third-order valence-electron chi connectivity index (χ3n) is 27.9. The highest BCUT2D eigenvalue weighted by atomic mass is 15.1. The summed E-state index contributed by atoms with van der Waals surface area (Å²) >= 11 is 0.